The topological polar surface area (TPSA) is 70.6 Å². The van der Waals surface area contributed by atoms with E-state index in [1.807, 2.05) is 0 Å². The Kier molecular flexibility index (Phi) is 3.84. The van der Waals surface area contributed by atoms with E-state index in [1.165, 1.54) is 6.07 Å². The largest absolute Gasteiger partial charge is 0.347 e. The van der Waals surface area contributed by atoms with E-state index in [2.05, 4.69) is 15.8 Å². The third-order valence-corrected chi connectivity index (χ3v) is 2.60. The lowest BCUT2D eigenvalue weighted by molar-refractivity contribution is -0.121. The fraction of sp³-hybridized carbons (Fsp3) is 0.250. The summed E-state index contributed by atoms with van der Waals surface area (Å²) in [6.07, 6.45) is 0.465. The van der Waals surface area contributed by atoms with Crippen molar-refractivity contribution in [3.63, 3.8) is 0 Å². The van der Waals surface area contributed by atoms with Gasteiger partial charge in [0.05, 0.1) is 0 Å². The lowest BCUT2D eigenvalue weighted by Gasteiger charge is -2.12. The molecule has 2 N–H and O–H groups in total. The van der Waals surface area contributed by atoms with E-state index in [9.17, 15) is 18.4 Å². The lowest BCUT2D eigenvalue weighted by Crippen LogP contribution is -2.36. The minimum atomic E-state index is -0.964. The second-order valence-corrected chi connectivity index (χ2v) is 4.02. The summed E-state index contributed by atoms with van der Waals surface area (Å²) < 4.78 is 25.6. The summed E-state index contributed by atoms with van der Waals surface area (Å²) in [4.78, 5) is 22.5. The summed E-state index contributed by atoms with van der Waals surface area (Å²) in [5.74, 6) is -2.58. The average molecular weight is 267 g/mol. The summed E-state index contributed by atoms with van der Waals surface area (Å²) in [5.41, 5.74) is 2.85. The number of rotatable bonds is 3. The predicted octanol–water partition coefficient (Wildman–Crippen LogP) is 0.847. The Bertz CT molecular complexity index is 558. The normalized spacial score (nSPS) is 14.6. The minimum absolute atomic E-state index is 0.0585. The van der Waals surface area contributed by atoms with Crippen molar-refractivity contribution < 1.29 is 18.4 Å². The number of hydrazone groups is 1. The summed E-state index contributed by atoms with van der Waals surface area (Å²) >= 11 is 0. The molecule has 1 aromatic carbocycles. The molecule has 7 heteroatoms. The predicted molar refractivity (Wildman–Crippen MR) is 63.0 cm³/mol. The van der Waals surface area contributed by atoms with Gasteiger partial charge in [0.2, 0.25) is 5.91 Å². The second kappa shape index (κ2) is 5.55. The molecule has 0 saturated carbocycles. The van der Waals surface area contributed by atoms with Crippen LogP contribution in [0.5, 0.6) is 0 Å². The summed E-state index contributed by atoms with van der Waals surface area (Å²) in [6.45, 7) is 0.0585. The van der Waals surface area contributed by atoms with E-state index in [1.54, 1.807) is 0 Å². The van der Waals surface area contributed by atoms with Gasteiger partial charge in [-0.05, 0) is 17.7 Å². The molecule has 1 aliphatic heterocycles. The van der Waals surface area contributed by atoms with E-state index in [0.717, 1.165) is 12.1 Å². The summed E-state index contributed by atoms with van der Waals surface area (Å²) in [6, 6.07) is 3.39. The van der Waals surface area contributed by atoms with Gasteiger partial charge in [-0.3, -0.25) is 9.59 Å². The van der Waals surface area contributed by atoms with Crippen molar-refractivity contribution in [2.75, 3.05) is 0 Å². The second-order valence-electron chi connectivity index (χ2n) is 4.02. The van der Waals surface area contributed by atoms with Gasteiger partial charge >= 0.3 is 0 Å². The molecule has 100 valence electrons. The van der Waals surface area contributed by atoms with Crippen molar-refractivity contribution >= 4 is 17.5 Å². The van der Waals surface area contributed by atoms with Gasteiger partial charge in [0, 0.05) is 19.4 Å². The first-order chi connectivity index (χ1) is 9.06. The van der Waals surface area contributed by atoms with Crippen LogP contribution in [0.2, 0.25) is 0 Å². The highest BCUT2D eigenvalue weighted by atomic mass is 19.2. The van der Waals surface area contributed by atoms with Crippen molar-refractivity contribution in [1.82, 2.24) is 10.7 Å². The maximum Gasteiger partial charge on any atom is 0.267 e. The number of carbonyl (C=O) groups is 2. The molecule has 0 saturated heterocycles. The van der Waals surface area contributed by atoms with Crippen molar-refractivity contribution in [3.8, 4) is 0 Å². The Morgan fingerprint density at radius 2 is 2.11 bits per heavy atom. The highest BCUT2D eigenvalue weighted by Crippen LogP contribution is 2.08. The van der Waals surface area contributed by atoms with Gasteiger partial charge in [-0.15, -0.1) is 0 Å². The number of halogens is 2. The van der Waals surface area contributed by atoms with E-state index in [0.29, 0.717) is 5.56 Å². The molecule has 0 atom stereocenters. The van der Waals surface area contributed by atoms with E-state index in [4.69, 9.17) is 0 Å². The van der Waals surface area contributed by atoms with Gasteiger partial charge in [-0.25, -0.2) is 14.2 Å². The van der Waals surface area contributed by atoms with Crippen LogP contribution in [-0.2, 0) is 16.1 Å². The Hall–Kier alpha value is -2.31. The molecule has 0 aromatic heterocycles. The van der Waals surface area contributed by atoms with Crippen molar-refractivity contribution in [3.05, 3.63) is 35.4 Å². The standard InChI is InChI=1S/C12H11F2N3O2/c13-8-2-1-7(5-9(8)14)6-15-12(19)10-3-4-11(18)17-16-10/h1-2,5H,3-4,6H2,(H,15,19)(H,17,18). The Balaban J connectivity index is 1.93. The Morgan fingerprint density at radius 1 is 1.32 bits per heavy atom. The zero-order chi connectivity index (χ0) is 13.8. The van der Waals surface area contributed by atoms with Crippen LogP contribution in [-0.4, -0.2) is 17.5 Å². The van der Waals surface area contributed by atoms with Crippen molar-refractivity contribution in [2.45, 2.75) is 19.4 Å². The fourth-order valence-electron chi connectivity index (χ4n) is 1.57. The van der Waals surface area contributed by atoms with Crippen LogP contribution in [0.3, 0.4) is 0 Å². The number of nitrogens with one attached hydrogen (secondary N) is 2. The van der Waals surface area contributed by atoms with Gasteiger partial charge in [0.25, 0.3) is 5.91 Å². The molecule has 0 radical (unpaired) electrons. The molecule has 1 aromatic rings. The van der Waals surface area contributed by atoms with Gasteiger partial charge < -0.3 is 5.32 Å². The van der Waals surface area contributed by atoms with Crippen LogP contribution < -0.4 is 10.7 Å². The van der Waals surface area contributed by atoms with Crippen LogP contribution in [0.1, 0.15) is 18.4 Å². The van der Waals surface area contributed by atoms with Crippen LogP contribution in [0.4, 0.5) is 8.78 Å². The first-order valence-electron chi connectivity index (χ1n) is 5.64. The SMILES string of the molecule is O=C1CCC(C(=O)NCc2ccc(F)c(F)c2)=NN1. The van der Waals surface area contributed by atoms with E-state index >= 15 is 0 Å². The number of carbonyl (C=O) groups excluding carboxylic acids is 2. The zero-order valence-electron chi connectivity index (χ0n) is 9.87. The third kappa shape index (κ3) is 3.34. The number of amides is 2. The molecular formula is C12H11F2N3O2. The molecule has 2 amide bonds. The van der Waals surface area contributed by atoms with Crippen LogP contribution >= 0.6 is 0 Å². The molecule has 0 spiro atoms. The fourth-order valence-corrected chi connectivity index (χ4v) is 1.57. The van der Waals surface area contributed by atoms with Crippen LogP contribution in [0, 0.1) is 11.6 Å². The van der Waals surface area contributed by atoms with Gasteiger partial charge in [-0.1, -0.05) is 6.07 Å². The highest BCUT2D eigenvalue weighted by molar-refractivity contribution is 6.39. The Labute approximate surface area is 107 Å². The molecule has 0 bridgehead atoms. The molecule has 19 heavy (non-hydrogen) atoms. The maximum absolute atomic E-state index is 12.9. The van der Waals surface area contributed by atoms with Crippen molar-refractivity contribution in [2.24, 2.45) is 5.10 Å². The number of hydrogen-bond acceptors (Lipinski definition) is 3. The first kappa shape index (κ1) is 13.1. The zero-order valence-corrected chi connectivity index (χ0v) is 9.87. The summed E-state index contributed by atoms with van der Waals surface area (Å²) in [7, 11) is 0. The quantitative estimate of drug-likeness (QED) is 0.852. The van der Waals surface area contributed by atoms with E-state index < -0.39 is 17.5 Å². The molecule has 0 aliphatic carbocycles. The number of hydrogen-bond donors (Lipinski definition) is 2. The molecule has 5 nitrogen and oxygen atoms in total. The molecule has 1 heterocycles. The molecule has 0 unspecified atom stereocenters. The van der Waals surface area contributed by atoms with Crippen LogP contribution in [0.15, 0.2) is 23.3 Å². The van der Waals surface area contributed by atoms with E-state index in [-0.39, 0.29) is 31.0 Å². The molecular weight excluding hydrogens is 256 g/mol. The first-order valence-corrected chi connectivity index (χ1v) is 5.64. The number of benzene rings is 1. The lowest BCUT2D eigenvalue weighted by atomic mass is 10.1. The molecule has 2 rings (SSSR count). The van der Waals surface area contributed by atoms with Gasteiger partial charge in [0.1, 0.15) is 5.71 Å². The smallest absolute Gasteiger partial charge is 0.267 e. The van der Waals surface area contributed by atoms with Gasteiger partial charge in [-0.2, -0.15) is 5.10 Å². The minimum Gasteiger partial charge on any atom is -0.347 e. The molecule has 1 aliphatic rings. The highest BCUT2D eigenvalue weighted by Gasteiger charge is 2.17. The third-order valence-electron chi connectivity index (χ3n) is 2.60. The number of nitrogens with zero attached hydrogens (tertiary/aromatic N) is 1. The average Bonchev–Trinajstić information content (AvgIpc) is 2.40. The summed E-state index contributed by atoms with van der Waals surface area (Å²) in [5, 5.41) is 6.15. The Morgan fingerprint density at radius 3 is 2.74 bits per heavy atom. The molecule has 0 fully saturated rings. The maximum atomic E-state index is 12.9. The van der Waals surface area contributed by atoms with Crippen molar-refractivity contribution in [1.29, 1.82) is 0 Å². The monoisotopic (exact) mass is 267 g/mol. The van der Waals surface area contributed by atoms with Gasteiger partial charge in [0.15, 0.2) is 11.6 Å². The van der Waals surface area contributed by atoms with Crippen LogP contribution in [0.25, 0.3) is 0 Å².